The fourth-order valence-electron chi connectivity index (χ4n) is 1.55. The molecule has 1 heterocycles. The highest BCUT2D eigenvalue weighted by Crippen LogP contribution is 2.18. The molecule has 1 aromatic rings. The van der Waals surface area contributed by atoms with E-state index in [9.17, 15) is 9.59 Å². The van der Waals surface area contributed by atoms with Gasteiger partial charge in [0, 0.05) is 0 Å². The van der Waals surface area contributed by atoms with Crippen molar-refractivity contribution in [3.05, 3.63) is 29.8 Å². The van der Waals surface area contributed by atoms with Crippen LogP contribution in [0.1, 0.15) is 12.0 Å². The van der Waals surface area contributed by atoms with Gasteiger partial charge in [0.1, 0.15) is 6.04 Å². The predicted octanol–water partition coefficient (Wildman–Crippen LogP) is 0.167. The number of carboxylic acids is 1. The number of carboxylic acid groups (broad SMARTS) is 1. The minimum Gasteiger partial charge on any atom is -0.480 e. The Morgan fingerprint density at radius 3 is 2.56 bits per heavy atom. The molecule has 96 valence electrons. The molecule has 1 aliphatic rings. The summed E-state index contributed by atoms with van der Waals surface area (Å²) >= 11 is 0. The first-order chi connectivity index (χ1) is 8.56. The van der Waals surface area contributed by atoms with Crippen LogP contribution in [0.4, 0.5) is 0 Å². The fraction of sp³-hybridized carbons (Fsp3) is 0.333. The van der Waals surface area contributed by atoms with Crippen LogP contribution >= 0.6 is 0 Å². The quantitative estimate of drug-likeness (QED) is 0.726. The first-order valence-electron chi connectivity index (χ1n) is 5.62. The molecule has 0 aliphatic carbocycles. The Balaban J connectivity index is 1.92. The molecule has 18 heavy (non-hydrogen) atoms. The van der Waals surface area contributed by atoms with E-state index in [0.717, 1.165) is 5.56 Å². The molecule has 6 heteroatoms. The molecule has 0 spiro atoms. The molecule has 1 saturated heterocycles. The summed E-state index contributed by atoms with van der Waals surface area (Å²) in [6.07, 6.45) is 0.782. The van der Waals surface area contributed by atoms with Gasteiger partial charge in [-0.15, -0.1) is 0 Å². The van der Waals surface area contributed by atoms with E-state index >= 15 is 0 Å². The summed E-state index contributed by atoms with van der Waals surface area (Å²) in [5, 5.41) is 9.98. The van der Waals surface area contributed by atoms with Crippen LogP contribution in [-0.4, -0.2) is 34.6 Å². The van der Waals surface area contributed by atoms with Gasteiger partial charge in [0.15, 0.2) is 5.75 Å². The maximum atomic E-state index is 11.0. The average Bonchev–Trinajstić information content (AvgIpc) is 2.35. The molecule has 1 aromatic carbocycles. The third-order valence-corrected chi connectivity index (χ3v) is 2.72. The number of hydrogen-bond acceptors (Lipinski definition) is 4. The predicted molar refractivity (Wildman–Crippen MR) is 62.7 cm³/mol. The molecule has 3 N–H and O–H groups in total. The first-order valence-corrected chi connectivity index (χ1v) is 5.62. The van der Waals surface area contributed by atoms with Gasteiger partial charge in [-0.05, 0) is 24.1 Å². The van der Waals surface area contributed by atoms with Gasteiger partial charge < -0.3 is 15.7 Å². The minimum atomic E-state index is -1.03. The van der Waals surface area contributed by atoms with Gasteiger partial charge in [0.2, 0.25) is 0 Å². The van der Waals surface area contributed by atoms with Gasteiger partial charge in [-0.2, -0.15) is 5.06 Å². The molecule has 0 radical (unpaired) electrons. The van der Waals surface area contributed by atoms with Crippen LogP contribution in [0.3, 0.4) is 0 Å². The van der Waals surface area contributed by atoms with Gasteiger partial charge in [-0.1, -0.05) is 12.1 Å². The lowest BCUT2D eigenvalue weighted by Crippen LogP contribution is -2.45. The van der Waals surface area contributed by atoms with Crippen LogP contribution in [0.5, 0.6) is 5.75 Å². The number of carbonyl (C=O) groups is 2. The molecule has 1 atom stereocenters. The molecule has 0 saturated carbocycles. The normalized spacial score (nSPS) is 16.1. The Morgan fingerprint density at radius 2 is 2.11 bits per heavy atom. The second-order valence-corrected chi connectivity index (χ2v) is 4.13. The molecule has 1 aliphatic heterocycles. The smallest absolute Gasteiger partial charge is 0.320 e. The summed E-state index contributed by atoms with van der Waals surface area (Å²) in [6.45, 7) is 0.602. The van der Waals surface area contributed by atoms with Crippen molar-refractivity contribution >= 4 is 11.9 Å². The van der Waals surface area contributed by atoms with Gasteiger partial charge in [0.25, 0.3) is 5.91 Å². The van der Waals surface area contributed by atoms with E-state index in [1.807, 2.05) is 0 Å². The lowest BCUT2D eigenvalue weighted by Gasteiger charge is -2.29. The summed E-state index contributed by atoms with van der Waals surface area (Å²) in [4.78, 5) is 27.0. The Kier molecular flexibility index (Phi) is 3.47. The first kappa shape index (κ1) is 12.4. The van der Waals surface area contributed by atoms with E-state index in [0.29, 0.717) is 18.7 Å². The van der Waals surface area contributed by atoms with Crippen molar-refractivity contribution in [1.82, 2.24) is 5.06 Å². The van der Waals surface area contributed by atoms with E-state index in [1.165, 1.54) is 5.06 Å². The molecule has 0 aromatic heterocycles. The van der Waals surface area contributed by atoms with E-state index in [2.05, 4.69) is 0 Å². The van der Waals surface area contributed by atoms with Crippen LogP contribution in [-0.2, 0) is 16.0 Å². The number of aliphatic carboxylic acids is 1. The van der Waals surface area contributed by atoms with Crippen LogP contribution in [0.15, 0.2) is 24.3 Å². The summed E-state index contributed by atoms with van der Waals surface area (Å²) in [5.41, 5.74) is 6.24. The van der Waals surface area contributed by atoms with E-state index in [1.54, 1.807) is 24.3 Å². The van der Waals surface area contributed by atoms with Gasteiger partial charge in [-0.3, -0.25) is 9.59 Å². The van der Waals surface area contributed by atoms with E-state index in [4.69, 9.17) is 15.7 Å². The number of nitrogens with zero attached hydrogens (tertiary/aromatic N) is 1. The lowest BCUT2D eigenvalue weighted by atomic mass is 10.1. The third-order valence-electron chi connectivity index (χ3n) is 2.72. The monoisotopic (exact) mass is 250 g/mol. The maximum Gasteiger partial charge on any atom is 0.320 e. The highest BCUT2D eigenvalue weighted by atomic mass is 16.7. The number of amides is 1. The molecule has 1 amide bonds. The highest BCUT2D eigenvalue weighted by Gasteiger charge is 2.25. The number of β-lactam (4-membered cyclic amide) rings is 1. The zero-order chi connectivity index (χ0) is 13.1. The molecule has 1 fully saturated rings. The van der Waals surface area contributed by atoms with Gasteiger partial charge in [0.05, 0.1) is 13.0 Å². The van der Waals surface area contributed by atoms with Crippen molar-refractivity contribution in [2.45, 2.75) is 18.9 Å². The zero-order valence-corrected chi connectivity index (χ0v) is 9.70. The summed E-state index contributed by atoms with van der Waals surface area (Å²) in [6, 6.07) is 5.95. The number of hydrogen-bond donors (Lipinski definition) is 2. The number of benzene rings is 1. The summed E-state index contributed by atoms with van der Waals surface area (Å²) < 4.78 is 0. The van der Waals surface area contributed by atoms with Crippen molar-refractivity contribution in [2.75, 3.05) is 6.54 Å². The highest BCUT2D eigenvalue weighted by molar-refractivity contribution is 5.80. The molecule has 0 unspecified atom stereocenters. The standard InChI is InChI=1S/C12H14N2O4/c13-10(12(16)17)7-8-1-3-9(4-2-8)18-14-6-5-11(14)15/h1-4,10H,5-7,13H2,(H,16,17)/t10-/m0/s1. The lowest BCUT2D eigenvalue weighted by molar-refractivity contribution is -0.174. The van der Waals surface area contributed by atoms with Crippen molar-refractivity contribution in [1.29, 1.82) is 0 Å². The second-order valence-electron chi connectivity index (χ2n) is 4.13. The van der Waals surface area contributed by atoms with Gasteiger partial charge in [-0.25, -0.2) is 0 Å². The largest absolute Gasteiger partial charge is 0.480 e. The summed E-state index contributed by atoms with van der Waals surface area (Å²) in [5.74, 6) is -0.510. The molecule has 0 bridgehead atoms. The third kappa shape index (κ3) is 2.78. The maximum absolute atomic E-state index is 11.0. The second kappa shape index (κ2) is 5.05. The number of nitrogens with two attached hydrogens (primary N) is 1. The number of hydroxylamine groups is 2. The van der Waals surface area contributed by atoms with Crippen LogP contribution < -0.4 is 10.6 Å². The fourth-order valence-corrected chi connectivity index (χ4v) is 1.55. The molecule has 2 rings (SSSR count). The van der Waals surface area contributed by atoms with Crippen LogP contribution in [0.25, 0.3) is 0 Å². The van der Waals surface area contributed by atoms with Crippen LogP contribution in [0.2, 0.25) is 0 Å². The summed E-state index contributed by atoms with van der Waals surface area (Å²) in [7, 11) is 0. The van der Waals surface area contributed by atoms with Crippen LogP contribution in [0, 0.1) is 0 Å². The number of carbonyl (C=O) groups excluding carboxylic acids is 1. The topological polar surface area (TPSA) is 92.9 Å². The van der Waals surface area contributed by atoms with Crippen molar-refractivity contribution in [3.63, 3.8) is 0 Å². The van der Waals surface area contributed by atoms with E-state index < -0.39 is 12.0 Å². The minimum absolute atomic E-state index is 0.0352. The van der Waals surface area contributed by atoms with Crippen molar-refractivity contribution in [2.24, 2.45) is 5.73 Å². The SMILES string of the molecule is N[C@@H](Cc1ccc(ON2CCC2=O)cc1)C(=O)O. The molecule has 6 nitrogen and oxygen atoms in total. The Hall–Kier alpha value is -2.08. The molecular weight excluding hydrogens is 236 g/mol. The Bertz CT molecular complexity index is 427. The number of rotatable bonds is 5. The van der Waals surface area contributed by atoms with Gasteiger partial charge >= 0.3 is 5.97 Å². The average molecular weight is 250 g/mol. The van der Waals surface area contributed by atoms with E-state index in [-0.39, 0.29) is 12.3 Å². The Morgan fingerprint density at radius 1 is 1.44 bits per heavy atom. The van der Waals surface area contributed by atoms with Crippen molar-refractivity contribution in [3.8, 4) is 5.75 Å². The van der Waals surface area contributed by atoms with Crippen molar-refractivity contribution < 1.29 is 19.5 Å². The zero-order valence-electron chi connectivity index (χ0n) is 9.70. The molecular formula is C12H14N2O4. The Labute approximate surface area is 104 Å².